The van der Waals surface area contributed by atoms with Crippen LogP contribution in [0.4, 0.5) is 4.79 Å². The van der Waals surface area contributed by atoms with Crippen LogP contribution in [0.25, 0.3) is 0 Å². The molecule has 5 nitrogen and oxygen atoms in total. The van der Waals surface area contributed by atoms with Gasteiger partial charge in [-0.25, -0.2) is 4.79 Å². The zero-order chi connectivity index (χ0) is 12.6. The summed E-state index contributed by atoms with van der Waals surface area (Å²) >= 11 is 0. The van der Waals surface area contributed by atoms with Crippen molar-refractivity contribution >= 4 is 11.9 Å². The average molecular weight is 234 g/mol. The average Bonchev–Trinajstić information content (AvgIpc) is 2.59. The largest absolute Gasteiger partial charge is 0.508 e. The van der Waals surface area contributed by atoms with Gasteiger partial charge in [0.15, 0.2) is 0 Å². The summed E-state index contributed by atoms with van der Waals surface area (Å²) in [6.07, 6.45) is 0. The van der Waals surface area contributed by atoms with E-state index < -0.39 is 17.5 Å². The molecule has 2 rings (SSSR count). The molecule has 3 N–H and O–H groups in total. The molecule has 0 radical (unpaired) electrons. The number of carbonyl (C=O) groups is 2. The maximum Gasteiger partial charge on any atom is 0.322 e. The van der Waals surface area contributed by atoms with Crippen molar-refractivity contribution in [1.29, 1.82) is 0 Å². The fourth-order valence-corrected chi connectivity index (χ4v) is 1.98. The second kappa shape index (κ2) is 3.76. The molecule has 0 saturated carbocycles. The van der Waals surface area contributed by atoms with Crippen molar-refractivity contribution in [1.82, 2.24) is 10.6 Å². The molecule has 1 aliphatic rings. The maximum atomic E-state index is 11.6. The third-order valence-electron chi connectivity index (χ3n) is 3.11. The smallest absolute Gasteiger partial charge is 0.322 e. The van der Waals surface area contributed by atoms with Gasteiger partial charge in [0.1, 0.15) is 11.8 Å². The number of hydrogen-bond acceptors (Lipinski definition) is 3. The van der Waals surface area contributed by atoms with E-state index in [1.54, 1.807) is 24.3 Å². The lowest BCUT2D eigenvalue weighted by molar-refractivity contribution is -0.121. The molecular weight excluding hydrogens is 220 g/mol. The topological polar surface area (TPSA) is 78.4 Å². The number of carbonyl (C=O) groups excluding carboxylic acids is 2. The Morgan fingerprint density at radius 1 is 1.18 bits per heavy atom. The summed E-state index contributed by atoms with van der Waals surface area (Å²) in [5, 5.41) is 14.0. The summed E-state index contributed by atoms with van der Waals surface area (Å²) in [5.74, 6) is -0.155. The highest BCUT2D eigenvalue weighted by Gasteiger charge is 2.42. The summed E-state index contributed by atoms with van der Waals surface area (Å²) in [7, 11) is 0. The molecule has 1 aromatic rings. The molecule has 1 fully saturated rings. The van der Waals surface area contributed by atoms with Gasteiger partial charge in [-0.2, -0.15) is 0 Å². The fraction of sp³-hybridized carbons (Fsp3) is 0.333. The first kappa shape index (κ1) is 11.4. The minimum atomic E-state index is -0.598. The van der Waals surface area contributed by atoms with Crippen molar-refractivity contribution in [2.75, 3.05) is 0 Å². The van der Waals surface area contributed by atoms with Crippen LogP contribution in [-0.2, 0) is 10.2 Å². The first-order chi connectivity index (χ1) is 7.91. The second-order valence-electron chi connectivity index (χ2n) is 4.66. The number of imide groups is 1. The molecular formula is C12H14N2O3. The van der Waals surface area contributed by atoms with E-state index in [4.69, 9.17) is 0 Å². The normalized spacial score (nSPS) is 20.0. The van der Waals surface area contributed by atoms with Crippen molar-refractivity contribution < 1.29 is 14.7 Å². The molecule has 1 aromatic carbocycles. The van der Waals surface area contributed by atoms with Crippen LogP contribution in [0.1, 0.15) is 19.4 Å². The molecule has 0 aromatic heterocycles. The van der Waals surface area contributed by atoms with Gasteiger partial charge in [-0.3, -0.25) is 10.1 Å². The van der Waals surface area contributed by atoms with Gasteiger partial charge in [0, 0.05) is 5.41 Å². The molecule has 1 aliphatic heterocycles. The standard InChI is InChI=1S/C12H14N2O3/c1-12(2,7-3-5-8(15)6-4-7)9-10(16)14-11(17)13-9/h3-6,9,15H,1-2H3,(H2,13,14,16,17). The van der Waals surface area contributed by atoms with Crippen LogP contribution < -0.4 is 10.6 Å². The SMILES string of the molecule is CC(C)(c1ccc(O)cc1)C1NC(=O)NC1=O. The van der Waals surface area contributed by atoms with Gasteiger partial charge in [0.2, 0.25) is 0 Å². The van der Waals surface area contributed by atoms with Crippen LogP contribution in [0.2, 0.25) is 0 Å². The zero-order valence-electron chi connectivity index (χ0n) is 9.65. The van der Waals surface area contributed by atoms with Gasteiger partial charge in [-0.1, -0.05) is 26.0 Å². The van der Waals surface area contributed by atoms with Crippen molar-refractivity contribution in [2.45, 2.75) is 25.3 Å². The highest BCUT2D eigenvalue weighted by atomic mass is 16.3. The van der Waals surface area contributed by atoms with Crippen LogP contribution in [-0.4, -0.2) is 23.1 Å². The van der Waals surface area contributed by atoms with E-state index in [9.17, 15) is 14.7 Å². The Morgan fingerprint density at radius 3 is 2.24 bits per heavy atom. The van der Waals surface area contributed by atoms with Gasteiger partial charge in [-0.15, -0.1) is 0 Å². The van der Waals surface area contributed by atoms with E-state index in [2.05, 4.69) is 10.6 Å². The number of rotatable bonds is 2. The van der Waals surface area contributed by atoms with Gasteiger partial charge in [-0.05, 0) is 17.7 Å². The van der Waals surface area contributed by atoms with E-state index in [-0.39, 0.29) is 11.7 Å². The molecule has 5 heteroatoms. The summed E-state index contributed by atoms with van der Waals surface area (Å²) in [6.45, 7) is 3.74. The molecule has 3 amide bonds. The van der Waals surface area contributed by atoms with Crippen molar-refractivity contribution in [2.24, 2.45) is 0 Å². The minimum Gasteiger partial charge on any atom is -0.508 e. The number of hydrogen-bond donors (Lipinski definition) is 3. The molecule has 1 unspecified atom stereocenters. The minimum absolute atomic E-state index is 0.171. The quantitative estimate of drug-likeness (QED) is 0.664. The molecule has 0 bridgehead atoms. The predicted molar refractivity (Wildman–Crippen MR) is 61.6 cm³/mol. The van der Waals surface area contributed by atoms with Crippen LogP contribution in [0.5, 0.6) is 5.75 Å². The van der Waals surface area contributed by atoms with Crippen molar-refractivity contribution in [3.8, 4) is 5.75 Å². The first-order valence-electron chi connectivity index (χ1n) is 5.32. The Kier molecular flexibility index (Phi) is 2.53. The Bertz CT molecular complexity index is 465. The number of amides is 3. The first-order valence-corrected chi connectivity index (χ1v) is 5.32. The van der Waals surface area contributed by atoms with E-state index >= 15 is 0 Å². The Labute approximate surface area is 98.8 Å². The zero-order valence-corrected chi connectivity index (χ0v) is 9.65. The van der Waals surface area contributed by atoms with Gasteiger partial charge >= 0.3 is 6.03 Å². The summed E-state index contributed by atoms with van der Waals surface area (Å²) in [5.41, 5.74) is 0.335. The lowest BCUT2D eigenvalue weighted by atomic mass is 9.77. The molecule has 1 saturated heterocycles. The van der Waals surface area contributed by atoms with Gasteiger partial charge in [0.25, 0.3) is 5.91 Å². The fourth-order valence-electron chi connectivity index (χ4n) is 1.98. The Balaban J connectivity index is 2.32. The molecule has 90 valence electrons. The lowest BCUT2D eigenvalue weighted by Crippen LogP contribution is -2.45. The predicted octanol–water partition coefficient (Wildman–Crippen LogP) is 0.878. The maximum absolute atomic E-state index is 11.6. The summed E-state index contributed by atoms with van der Waals surface area (Å²) < 4.78 is 0. The van der Waals surface area contributed by atoms with Crippen LogP contribution in [0.3, 0.4) is 0 Å². The monoisotopic (exact) mass is 234 g/mol. The molecule has 1 atom stereocenters. The number of aromatic hydroxyl groups is 1. The number of phenols is 1. The third-order valence-corrected chi connectivity index (χ3v) is 3.11. The highest BCUT2D eigenvalue weighted by Crippen LogP contribution is 2.29. The number of urea groups is 1. The number of nitrogens with one attached hydrogen (secondary N) is 2. The van der Waals surface area contributed by atoms with Gasteiger partial charge in [0.05, 0.1) is 0 Å². The molecule has 1 heterocycles. The Hall–Kier alpha value is -2.04. The summed E-state index contributed by atoms with van der Waals surface area (Å²) in [6, 6.07) is 5.55. The third kappa shape index (κ3) is 1.95. The molecule has 0 spiro atoms. The van der Waals surface area contributed by atoms with Crippen molar-refractivity contribution in [3.05, 3.63) is 29.8 Å². The van der Waals surface area contributed by atoms with Gasteiger partial charge < -0.3 is 10.4 Å². The van der Waals surface area contributed by atoms with E-state index in [1.807, 2.05) is 13.8 Å². The van der Waals surface area contributed by atoms with Crippen LogP contribution in [0, 0.1) is 0 Å². The summed E-state index contributed by atoms with van der Waals surface area (Å²) in [4.78, 5) is 22.7. The molecule has 17 heavy (non-hydrogen) atoms. The van der Waals surface area contributed by atoms with E-state index in [0.717, 1.165) is 5.56 Å². The highest BCUT2D eigenvalue weighted by molar-refractivity contribution is 6.05. The number of phenolic OH excluding ortho intramolecular Hbond substituents is 1. The van der Waals surface area contributed by atoms with E-state index in [0.29, 0.717) is 0 Å². The van der Waals surface area contributed by atoms with Crippen molar-refractivity contribution in [3.63, 3.8) is 0 Å². The lowest BCUT2D eigenvalue weighted by Gasteiger charge is -2.29. The van der Waals surface area contributed by atoms with E-state index in [1.165, 1.54) is 0 Å². The number of benzene rings is 1. The molecule has 0 aliphatic carbocycles. The second-order valence-corrected chi connectivity index (χ2v) is 4.66. The van der Waals surface area contributed by atoms with Crippen LogP contribution in [0.15, 0.2) is 24.3 Å². The Morgan fingerprint density at radius 2 is 1.76 bits per heavy atom. The van der Waals surface area contributed by atoms with Crippen LogP contribution >= 0.6 is 0 Å².